The van der Waals surface area contributed by atoms with Crippen LogP contribution in [0.1, 0.15) is 68.3 Å². The third-order valence-corrected chi connectivity index (χ3v) is 6.35. The summed E-state index contributed by atoms with van der Waals surface area (Å²) >= 11 is 1.83. The molecule has 1 aliphatic carbocycles. The molecule has 3 unspecified atom stereocenters. The van der Waals surface area contributed by atoms with E-state index in [0.29, 0.717) is 17.2 Å². The molecule has 1 saturated carbocycles. The van der Waals surface area contributed by atoms with Crippen LogP contribution in [-0.4, -0.2) is 23.1 Å². The summed E-state index contributed by atoms with van der Waals surface area (Å²) in [7, 11) is 0. The zero-order valence-corrected chi connectivity index (χ0v) is 17.5. The van der Waals surface area contributed by atoms with Gasteiger partial charge >= 0.3 is 0 Å². The largest absolute Gasteiger partial charge is 0.305 e. The van der Waals surface area contributed by atoms with Crippen LogP contribution >= 0.6 is 11.8 Å². The molecule has 1 aliphatic rings. The van der Waals surface area contributed by atoms with E-state index in [9.17, 15) is 4.79 Å². The summed E-state index contributed by atoms with van der Waals surface area (Å²) in [6.45, 7) is 6.37. The quantitative estimate of drug-likeness (QED) is 0.466. The smallest absolute Gasteiger partial charge is 0.179 e. The number of carbonyl (C=O) groups is 1. The van der Waals surface area contributed by atoms with Crippen LogP contribution in [0.2, 0.25) is 0 Å². The second kappa shape index (κ2) is 9.57. The highest BCUT2D eigenvalue weighted by molar-refractivity contribution is 7.99. The molecule has 3 rings (SSSR count). The highest BCUT2D eigenvalue weighted by Gasteiger charge is 2.26. The number of ketones is 1. The van der Waals surface area contributed by atoms with Crippen molar-refractivity contribution in [3.8, 4) is 0 Å². The van der Waals surface area contributed by atoms with Gasteiger partial charge in [0.05, 0.1) is 6.04 Å². The first kappa shape index (κ1) is 20.2. The van der Waals surface area contributed by atoms with Crippen molar-refractivity contribution < 1.29 is 4.79 Å². The molecule has 3 heteroatoms. The lowest BCUT2D eigenvalue weighted by atomic mass is 9.81. The van der Waals surface area contributed by atoms with Crippen LogP contribution in [0.4, 0.5) is 0 Å². The number of thioether (sulfide) groups is 1. The van der Waals surface area contributed by atoms with E-state index in [1.807, 2.05) is 30.8 Å². The van der Waals surface area contributed by atoms with Gasteiger partial charge in [0.2, 0.25) is 0 Å². The van der Waals surface area contributed by atoms with E-state index < -0.39 is 0 Å². The lowest BCUT2D eigenvalue weighted by molar-refractivity contribution is 0.0939. The van der Waals surface area contributed by atoms with Gasteiger partial charge in [-0.1, -0.05) is 62.7 Å². The molecule has 27 heavy (non-hydrogen) atoms. The average molecular weight is 382 g/mol. The number of Topliss-reactive ketones (excluding diaryl/α,β-unsaturated/α-hetero) is 1. The molecule has 1 fully saturated rings. The summed E-state index contributed by atoms with van der Waals surface area (Å²) in [6.07, 6.45) is 4.75. The molecule has 1 N–H and O–H groups in total. The zero-order chi connectivity index (χ0) is 19.2. The first-order chi connectivity index (χ1) is 13.0. The van der Waals surface area contributed by atoms with Crippen LogP contribution in [0.25, 0.3) is 0 Å². The number of carbonyl (C=O) groups excluding carboxylic acids is 1. The summed E-state index contributed by atoms with van der Waals surface area (Å²) in [5.74, 6) is 0.796. The third kappa shape index (κ3) is 5.70. The van der Waals surface area contributed by atoms with E-state index in [1.165, 1.54) is 23.3 Å². The van der Waals surface area contributed by atoms with E-state index in [0.717, 1.165) is 18.4 Å². The van der Waals surface area contributed by atoms with Gasteiger partial charge in [0.25, 0.3) is 0 Å². The molecule has 2 nitrogen and oxygen atoms in total. The lowest BCUT2D eigenvalue weighted by Gasteiger charge is -2.32. The predicted octanol–water partition coefficient (Wildman–Crippen LogP) is 6.07. The highest BCUT2D eigenvalue weighted by atomic mass is 32.2. The van der Waals surface area contributed by atoms with Gasteiger partial charge < -0.3 is 5.32 Å². The molecule has 2 aromatic rings. The Labute approximate surface area is 168 Å². The van der Waals surface area contributed by atoms with Crippen LogP contribution < -0.4 is 5.32 Å². The van der Waals surface area contributed by atoms with Crippen molar-refractivity contribution in [3.05, 3.63) is 65.7 Å². The second-order valence-corrected chi connectivity index (χ2v) is 9.56. The van der Waals surface area contributed by atoms with Gasteiger partial charge in [-0.25, -0.2) is 0 Å². The Hall–Kier alpha value is -1.58. The summed E-state index contributed by atoms with van der Waals surface area (Å²) in [5, 5.41) is 4.16. The average Bonchev–Trinajstić information content (AvgIpc) is 2.68. The Morgan fingerprint density at radius 1 is 1.00 bits per heavy atom. The molecule has 0 radical (unpaired) electrons. The summed E-state index contributed by atoms with van der Waals surface area (Å²) in [5.41, 5.74) is 2.24. The minimum atomic E-state index is -0.145. The maximum Gasteiger partial charge on any atom is 0.179 e. The SMILES string of the molecule is CC(C)Sc1ccc(C(=O)C(C)NC2CCCC(c3ccccc3)C2)cc1. The van der Waals surface area contributed by atoms with E-state index in [-0.39, 0.29) is 11.8 Å². The van der Waals surface area contributed by atoms with Gasteiger partial charge in [0, 0.05) is 21.8 Å². The fourth-order valence-corrected chi connectivity index (χ4v) is 4.86. The first-order valence-electron chi connectivity index (χ1n) is 10.1. The molecule has 0 saturated heterocycles. The molecular formula is C24H31NOS. The molecular weight excluding hydrogens is 350 g/mol. The molecule has 0 heterocycles. The summed E-state index contributed by atoms with van der Waals surface area (Å²) < 4.78 is 0. The Bertz CT molecular complexity index is 726. The van der Waals surface area contributed by atoms with Crippen molar-refractivity contribution in [1.82, 2.24) is 5.32 Å². The van der Waals surface area contributed by atoms with E-state index in [1.54, 1.807) is 0 Å². The fraction of sp³-hybridized carbons (Fsp3) is 0.458. The summed E-state index contributed by atoms with van der Waals surface area (Å²) in [4.78, 5) is 14.1. The zero-order valence-electron chi connectivity index (χ0n) is 16.7. The third-order valence-electron chi connectivity index (χ3n) is 5.33. The molecule has 0 amide bonds. The van der Waals surface area contributed by atoms with Crippen LogP contribution in [0.3, 0.4) is 0 Å². The van der Waals surface area contributed by atoms with Crippen molar-refractivity contribution in [2.24, 2.45) is 0 Å². The molecule has 3 atom stereocenters. The predicted molar refractivity (Wildman–Crippen MR) is 116 cm³/mol. The van der Waals surface area contributed by atoms with Crippen molar-refractivity contribution in [1.29, 1.82) is 0 Å². The van der Waals surface area contributed by atoms with Crippen molar-refractivity contribution in [2.75, 3.05) is 0 Å². The maximum atomic E-state index is 12.8. The van der Waals surface area contributed by atoms with Crippen LogP contribution in [0, 0.1) is 0 Å². The summed E-state index contributed by atoms with van der Waals surface area (Å²) in [6, 6.07) is 19.1. The van der Waals surface area contributed by atoms with Gasteiger partial charge in [-0.15, -0.1) is 11.8 Å². The molecule has 0 bridgehead atoms. The molecule has 0 spiro atoms. The standard InChI is InChI=1S/C24H31NOS/c1-17(2)27-23-14-12-20(13-15-23)24(26)18(3)25-22-11-7-10-21(16-22)19-8-5-4-6-9-19/h4-6,8-9,12-15,17-18,21-22,25H,7,10-11,16H2,1-3H3. The number of rotatable bonds is 7. The molecule has 0 aliphatic heterocycles. The first-order valence-corrected chi connectivity index (χ1v) is 11.0. The van der Waals surface area contributed by atoms with Crippen LogP contribution in [0.5, 0.6) is 0 Å². The Morgan fingerprint density at radius 2 is 1.70 bits per heavy atom. The van der Waals surface area contributed by atoms with Crippen molar-refractivity contribution >= 4 is 17.5 Å². The Balaban J connectivity index is 1.57. The van der Waals surface area contributed by atoms with Crippen molar-refractivity contribution in [3.63, 3.8) is 0 Å². The number of nitrogens with one attached hydrogen (secondary N) is 1. The Kier molecular flexibility index (Phi) is 7.14. The van der Waals surface area contributed by atoms with Gasteiger partial charge in [-0.05, 0) is 49.8 Å². The monoisotopic (exact) mass is 381 g/mol. The van der Waals surface area contributed by atoms with Gasteiger partial charge in [-0.2, -0.15) is 0 Å². The lowest BCUT2D eigenvalue weighted by Crippen LogP contribution is -2.43. The molecule has 144 valence electrons. The minimum absolute atomic E-state index is 0.145. The molecule has 0 aromatic heterocycles. The van der Waals surface area contributed by atoms with Gasteiger partial charge in [0.15, 0.2) is 5.78 Å². The number of hydrogen-bond donors (Lipinski definition) is 1. The number of hydrogen-bond acceptors (Lipinski definition) is 3. The van der Waals surface area contributed by atoms with Crippen molar-refractivity contribution in [2.45, 2.75) is 74.6 Å². The minimum Gasteiger partial charge on any atom is -0.305 e. The number of benzene rings is 2. The van der Waals surface area contributed by atoms with Gasteiger partial charge in [-0.3, -0.25) is 4.79 Å². The van der Waals surface area contributed by atoms with E-state index >= 15 is 0 Å². The fourth-order valence-electron chi connectivity index (χ4n) is 4.02. The Morgan fingerprint density at radius 3 is 2.37 bits per heavy atom. The maximum absolute atomic E-state index is 12.8. The van der Waals surface area contributed by atoms with Crippen LogP contribution in [0.15, 0.2) is 59.5 Å². The van der Waals surface area contributed by atoms with Gasteiger partial charge in [0.1, 0.15) is 0 Å². The second-order valence-electron chi connectivity index (χ2n) is 7.91. The topological polar surface area (TPSA) is 29.1 Å². The van der Waals surface area contributed by atoms with E-state index in [2.05, 4.69) is 61.6 Å². The van der Waals surface area contributed by atoms with Crippen LogP contribution in [-0.2, 0) is 0 Å². The molecule has 2 aromatic carbocycles. The van der Waals surface area contributed by atoms with E-state index in [4.69, 9.17) is 0 Å². The highest BCUT2D eigenvalue weighted by Crippen LogP contribution is 2.33. The normalized spacial score (nSPS) is 21.2.